The number of hydrogen-bond acceptors (Lipinski definition) is 3. The zero-order valence-electron chi connectivity index (χ0n) is 15.2. The summed E-state index contributed by atoms with van der Waals surface area (Å²) in [5, 5.41) is 2.93. The molecule has 1 aliphatic heterocycles. The fourth-order valence-electron chi connectivity index (χ4n) is 3.33. The van der Waals surface area contributed by atoms with E-state index in [0.29, 0.717) is 17.9 Å². The van der Waals surface area contributed by atoms with Gasteiger partial charge in [0.1, 0.15) is 0 Å². The molecule has 5 nitrogen and oxygen atoms in total. The fourth-order valence-corrected chi connectivity index (χ4v) is 3.33. The van der Waals surface area contributed by atoms with Crippen LogP contribution in [0.2, 0.25) is 0 Å². The average molecular weight is 352 g/mol. The van der Waals surface area contributed by atoms with Crippen LogP contribution in [0.15, 0.2) is 48.5 Å². The Morgan fingerprint density at radius 2 is 1.96 bits per heavy atom. The van der Waals surface area contributed by atoms with E-state index in [4.69, 9.17) is 4.74 Å². The standard InChI is InChI=1S/C21H24N2O3/c1-3-26-20(24)16-9-11-18(12-10-16)22-21(25)23-13-5-8-19(23)17-7-4-6-15(2)14-17/h4,6-7,9-12,14,19H,3,5,8,13H2,1-2H3,(H,22,25). The summed E-state index contributed by atoms with van der Waals surface area (Å²) < 4.78 is 4.97. The van der Waals surface area contributed by atoms with Crippen molar-refractivity contribution in [3.63, 3.8) is 0 Å². The Hall–Kier alpha value is -2.82. The molecule has 26 heavy (non-hydrogen) atoms. The molecule has 3 rings (SSSR count). The second kappa shape index (κ2) is 8.04. The topological polar surface area (TPSA) is 58.6 Å². The van der Waals surface area contributed by atoms with E-state index in [9.17, 15) is 9.59 Å². The zero-order valence-corrected chi connectivity index (χ0v) is 15.2. The van der Waals surface area contributed by atoms with Crippen LogP contribution in [-0.2, 0) is 4.74 Å². The van der Waals surface area contributed by atoms with E-state index in [1.807, 2.05) is 11.0 Å². The molecule has 1 heterocycles. The maximum Gasteiger partial charge on any atom is 0.338 e. The third-order valence-electron chi connectivity index (χ3n) is 4.59. The SMILES string of the molecule is CCOC(=O)c1ccc(NC(=O)N2CCCC2c2cccc(C)c2)cc1. The molecule has 2 aromatic carbocycles. The van der Waals surface area contributed by atoms with Crippen molar-refractivity contribution in [2.45, 2.75) is 32.7 Å². The third-order valence-corrected chi connectivity index (χ3v) is 4.59. The lowest BCUT2D eigenvalue weighted by Crippen LogP contribution is -2.34. The summed E-state index contributed by atoms with van der Waals surface area (Å²) in [7, 11) is 0. The van der Waals surface area contributed by atoms with Crippen LogP contribution in [0.25, 0.3) is 0 Å². The van der Waals surface area contributed by atoms with Crippen LogP contribution in [0.3, 0.4) is 0 Å². The summed E-state index contributed by atoms with van der Waals surface area (Å²) in [6, 6.07) is 15.1. The summed E-state index contributed by atoms with van der Waals surface area (Å²) in [6.45, 7) is 4.92. The predicted molar refractivity (Wildman–Crippen MR) is 101 cm³/mol. The van der Waals surface area contributed by atoms with Gasteiger partial charge in [-0.3, -0.25) is 0 Å². The Labute approximate surface area is 154 Å². The van der Waals surface area contributed by atoms with Crippen LogP contribution < -0.4 is 5.32 Å². The van der Waals surface area contributed by atoms with Crippen molar-refractivity contribution in [2.24, 2.45) is 0 Å². The maximum absolute atomic E-state index is 12.7. The van der Waals surface area contributed by atoms with Gasteiger partial charge >= 0.3 is 12.0 Å². The van der Waals surface area contributed by atoms with E-state index in [-0.39, 0.29) is 18.0 Å². The van der Waals surface area contributed by atoms with Gasteiger partial charge in [-0.05, 0) is 56.5 Å². The molecule has 2 amide bonds. The molecular weight excluding hydrogens is 328 g/mol. The third kappa shape index (κ3) is 4.04. The Morgan fingerprint density at radius 3 is 2.65 bits per heavy atom. The van der Waals surface area contributed by atoms with Crippen LogP contribution in [0, 0.1) is 6.92 Å². The molecule has 1 unspecified atom stereocenters. The lowest BCUT2D eigenvalue weighted by atomic mass is 10.0. The molecule has 1 aliphatic rings. The molecule has 1 N–H and O–H groups in total. The van der Waals surface area contributed by atoms with E-state index in [0.717, 1.165) is 19.4 Å². The van der Waals surface area contributed by atoms with Gasteiger partial charge in [0.15, 0.2) is 0 Å². The number of hydrogen-bond donors (Lipinski definition) is 1. The van der Waals surface area contributed by atoms with Gasteiger partial charge in [-0.2, -0.15) is 0 Å². The summed E-state index contributed by atoms with van der Waals surface area (Å²) in [4.78, 5) is 26.3. The number of nitrogens with zero attached hydrogens (tertiary/aromatic N) is 1. The first-order valence-electron chi connectivity index (χ1n) is 9.00. The van der Waals surface area contributed by atoms with Gasteiger partial charge in [0, 0.05) is 12.2 Å². The van der Waals surface area contributed by atoms with Crippen LogP contribution in [0.4, 0.5) is 10.5 Å². The Kier molecular flexibility index (Phi) is 5.56. The molecule has 136 valence electrons. The lowest BCUT2D eigenvalue weighted by molar-refractivity contribution is 0.0526. The molecule has 0 aliphatic carbocycles. The van der Waals surface area contributed by atoms with Crippen LogP contribution in [0.5, 0.6) is 0 Å². The number of ether oxygens (including phenoxy) is 1. The second-order valence-corrected chi connectivity index (χ2v) is 6.49. The van der Waals surface area contributed by atoms with Gasteiger partial charge in [0.2, 0.25) is 0 Å². The molecule has 1 saturated heterocycles. The molecule has 0 aromatic heterocycles. The average Bonchev–Trinajstić information content (AvgIpc) is 3.12. The first-order chi connectivity index (χ1) is 12.6. The van der Waals surface area contributed by atoms with E-state index in [2.05, 4.69) is 30.4 Å². The minimum absolute atomic E-state index is 0.105. The highest BCUT2D eigenvalue weighted by molar-refractivity contribution is 5.92. The molecule has 0 bridgehead atoms. The number of carbonyl (C=O) groups excluding carboxylic acids is 2. The van der Waals surface area contributed by atoms with Gasteiger partial charge in [-0.25, -0.2) is 9.59 Å². The van der Waals surface area contributed by atoms with Crippen molar-refractivity contribution in [3.8, 4) is 0 Å². The van der Waals surface area contributed by atoms with E-state index in [1.165, 1.54) is 11.1 Å². The first kappa shape index (κ1) is 18.0. The molecule has 1 atom stereocenters. The fraction of sp³-hybridized carbons (Fsp3) is 0.333. The second-order valence-electron chi connectivity index (χ2n) is 6.49. The summed E-state index contributed by atoms with van der Waals surface area (Å²) in [6.07, 6.45) is 1.96. The number of nitrogens with one attached hydrogen (secondary N) is 1. The van der Waals surface area contributed by atoms with Gasteiger partial charge in [0.25, 0.3) is 0 Å². The number of amides is 2. The minimum atomic E-state index is -0.357. The number of rotatable bonds is 4. The number of anilines is 1. The normalized spacial score (nSPS) is 16.4. The van der Waals surface area contributed by atoms with E-state index >= 15 is 0 Å². The molecule has 2 aromatic rings. The van der Waals surface area contributed by atoms with Crippen molar-refractivity contribution in [1.29, 1.82) is 0 Å². The van der Waals surface area contributed by atoms with Crippen molar-refractivity contribution in [1.82, 2.24) is 4.90 Å². The quantitative estimate of drug-likeness (QED) is 0.822. The van der Waals surface area contributed by atoms with Crippen LogP contribution in [0.1, 0.15) is 47.3 Å². The van der Waals surface area contributed by atoms with Gasteiger partial charge < -0.3 is 15.0 Å². The highest BCUT2D eigenvalue weighted by Crippen LogP contribution is 2.32. The van der Waals surface area contributed by atoms with Crippen molar-refractivity contribution < 1.29 is 14.3 Å². The van der Waals surface area contributed by atoms with Gasteiger partial charge in [-0.1, -0.05) is 29.8 Å². The van der Waals surface area contributed by atoms with E-state index in [1.54, 1.807) is 31.2 Å². The number of likely N-dealkylation sites (tertiary alicyclic amines) is 1. The largest absolute Gasteiger partial charge is 0.462 e. The summed E-state index contributed by atoms with van der Waals surface area (Å²) in [5.74, 6) is -0.357. The van der Waals surface area contributed by atoms with E-state index < -0.39 is 0 Å². The monoisotopic (exact) mass is 352 g/mol. The number of benzene rings is 2. The zero-order chi connectivity index (χ0) is 18.5. The predicted octanol–water partition coefficient (Wildman–Crippen LogP) is 4.54. The Bertz CT molecular complexity index is 786. The Morgan fingerprint density at radius 1 is 1.19 bits per heavy atom. The minimum Gasteiger partial charge on any atom is -0.462 e. The molecule has 0 radical (unpaired) electrons. The Balaban J connectivity index is 1.68. The van der Waals surface area contributed by atoms with Gasteiger partial charge in [-0.15, -0.1) is 0 Å². The summed E-state index contributed by atoms with van der Waals surface area (Å²) >= 11 is 0. The molecular formula is C21H24N2O3. The van der Waals surface area contributed by atoms with Gasteiger partial charge in [0.05, 0.1) is 18.2 Å². The first-order valence-corrected chi connectivity index (χ1v) is 9.00. The van der Waals surface area contributed by atoms with Crippen molar-refractivity contribution in [3.05, 3.63) is 65.2 Å². The maximum atomic E-state index is 12.7. The number of urea groups is 1. The molecule has 5 heteroatoms. The highest BCUT2D eigenvalue weighted by Gasteiger charge is 2.30. The number of carbonyl (C=O) groups is 2. The lowest BCUT2D eigenvalue weighted by Gasteiger charge is -2.25. The molecule has 0 saturated carbocycles. The molecule has 1 fully saturated rings. The van der Waals surface area contributed by atoms with Crippen LogP contribution >= 0.6 is 0 Å². The highest BCUT2D eigenvalue weighted by atomic mass is 16.5. The smallest absolute Gasteiger partial charge is 0.338 e. The summed E-state index contributed by atoms with van der Waals surface area (Å²) in [5.41, 5.74) is 3.52. The van der Waals surface area contributed by atoms with Crippen molar-refractivity contribution in [2.75, 3.05) is 18.5 Å². The number of esters is 1. The van der Waals surface area contributed by atoms with Crippen molar-refractivity contribution >= 4 is 17.7 Å². The molecule has 0 spiro atoms. The van der Waals surface area contributed by atoms with Crippen LogP contribution in [-0.4, -0.2) is 30.1 Å². The number of aryl methyl sites for hydroxylation is 1.